The molecule has 2 unspecified atom stereocenters. The molecule has 0 saturated carbocycles. The summed E-state index contributed by atoms with van der Waals surface area (Å²) < 4.78 is 18.7. The Bertz CT molecular complexity index is 582. The largest absolute Gasteiger partial charge is 0.493 e. The van der Waals surface area contributed by atoms with E-state index in [4.69, 9.17) is 10.5 Å². The van der Waals surface area contributed by atoms with Gasteiger partial charge in [-0.05, 0) is 42.6 Å². The Balaban J connectivity index is 1.78. The summed E-state index contributed by atoms with van der Waals surface area (Å²) in [4.78, 5) is 0. The first kappa shape index (κ1) is 13.1. The molecule has 3 heteroatoms. The van der Waals surface area contributed by atoms with Crippen molar-refractivity contribution in [2.45, 2.75) is 18.3 Å². The molecule has 3 rings (SSSR count). The van der Waals surface area contributed by atoms with Gasteiger partial charge in [0.2, 0.25) is 0 Å². The topological polar surface area (TPSA) is 35.2 Å². The maximum Gasteiger partial charge on any atom is 0.123 e. The van der Waals surface area contributed by atoms with Gasteiger partial charge in [-0.3, -0.25) is 0 Å². The molecule has 0 aromatic heterocycles. The van der Waals surface area contributed by atoms with E-state index in [2.05, 4.69) is 6.07 Å². The predicted octanol–water partition coefficient (Wildman–Crippen LogP) is 3.43. The van der Waals surface area contributed by atoms with E-state index >= 15 is 0 Å². The Labute approximate surface area is 118 Å². The van der Waals surface area contributed by atoms with Crippen LogP contribution in [-0.4, -0.2) is 13.2 Å². The van der Waals surface area contributed by atoms with Gasteiger partial charge in [0.25, 0.3) is 0 Å². The van der Waals surface area contributed by atoms with E-state index in [-0.39, 0.29) is 11.7 Å². The molecule has 0 saturated heterocycles. The Kier molecular flexibility index (Phi) is 3.70. The van der Waals surface area contributed by atoms with Gasteiger partial charge in [0, 0.05) is 11.5 Å². The number of hydrogen-bond donors (Lipinski definition) is 1. The second kappa shape index (κ2) is 5.63. The van der Waals surface area contributed by atoms with Crippen LogP contribution < -0.4 is 10.5 Å². The van der Waals surface area contributed by atoms with Gasteiger partial charge < -0.3 is 10.5 Å². The highest BCUT2D eigenvalue weighted by molar-refractivity contribution is 5.40. The first-order valence-electron chi connectivity index (χ1n) is 6.95. The van der Waals surface area contributed by atoms with Crippen LogP contribution in [0.15, 0.2) is 48.5 Å². The number of fused-ring (bicyclic) bond motifs is 1. The molecule has 2 aromatic rings. The first-order chi connectivity index (χ1) is 9.78. The summed E-state index contributed by atoms with van der Waals surface area (Å²) in [7, 11) is 0. The minimum atomic E-state index is -0.209. The number of nitrogens with two attached hydrogens (primary N) is 1. The van der Waals surface area contributed by atoms with Crippen LogP contribution >= 0.6 is 0 Å². The molecule has 2 aromatic carbocycles. The van der Waals surface area contributed by atoms with E-state index < -0.39 is 0 Å². The van der Waals surface area contributed by atoms with Crippen LogP contribution in [-0.2, 0) is 0 Å². The summed E-state index contributed by atoms with van der Waals surface area (Å²) in [6.07, 6.45) is 0.930. The maximum absolute atomic E-state index is 13.0. The molecule has 1 aliphatic rings. The fourth-order valence-corrected chi connectivity index (χ4v) is 2.87. The van der Waals surface area contributed by atoms with E-state index in [0.717, 1.165) is 17.7 Å². The Morgan fingerprint density at radius 2 is 1.90 bits per heavy atom. The van der Waals surface area contributed by atoms with E-state index in [1.807, 2.05) is 30.3 Å². The smallest absolute Gasteiger partial charge is 0.123 e. The van der Waals surface area contributed by atoms with Crippen LogP contribution in [0.25, 0.3) is 0 Å². The minimum Gasteiger partial charge on any atom is -0.493 e. The van der Waals surface area contributed by atoms with Crippen LogP contribution in [0.3, 0.4) is 0 Å². The van der Waals surface area contributed by atoms with Crippen LogP contribution in [0, 0.1) is 5.82 Å². The number of ether oxygens (including phenoxy) is 1. The third-order valence-corrected chi connectivity index (χ3v) is 3.99. The standard InChI is InChI=1S/C17H18FNO/c18-15-7-5-12(6-8-15)13(10-19)9-14-11-20-17-4-2-1-3-16(14)17/h1-8,13-14H,9-11,19H2. The molecule has 0 radical (unpaired) electrons. The first-order valence-corrected chi connectivity index (χ1v) is 6.95. The summed E-state index contributed by atoms with van der Waals surface area (Å²) in [5, 5.41) is 0. The number of para-hydroxylation sites is 1. The van der Waals surface area contributed by atoms with Crippen molar-refractivity contribution in [3.63, 3.8) is 0 Å². The molecule has 0 bridgehead atoms. The van der Waals surface area contributed by atoms with Crippen molar-refractivity contribution in [3.05, 3.63) is 65.5 Å². The molecule has 2 N–H and O–H groups in total. The molecular weight excluding hydrogens is 253 g/mol. The van der Waals surface area contributed by atoms with E-state index in [9.17, 15) is 4.39 Å². The highest BCUT2D eigenvalue weighted by Gasteiger charge is 2.26. The molecule has 1 heterocycles. The van der Waals surface area contributed by atoms with Gasteiger partial charge in [-0.1, -0.05) is 30.3 Å². The van der Waals surface area contributed by atoms with Crippen LogP contribution in [0.5, 0.6) is 5.75 Å². The fourth-order valence-electron chi connectivity index (χ4n) is 2.87. The molecular formula is C17H18FNO. The van der Waals surface area contributed by atoms with E-state index in [1.165, 1.54) is 17.7 Å². The van der Waals surface area contributed by atoms with Gasteiger partial charge in [0.05, 0.1) is 6.61 Å². The van der Waals surface area contributed by atoms with Crippen molar-refractivity contribution in [1.82, 2.24) is 0 Å². The quantitative estimate of drug-likeness (QED) is 0.924. The second-order valence-electron chi connectivity index (χ2n) is 5.27. The molecule has 2 atom stereocenters. The third kappa shape index (κ3) is 2.54. The third-order valence-electron chi connectivity index (χ3n) is 3.99. The average molecular weight is 271 g/mol. The highest BCUT2D eigenvalue weighted by atomic mass is 19.1. The van der Waals surface area contributed by atoms with Crippen molar-refractivity contribution in [1.29, 1.82) is 0 Å². The van der Waals surface area contributed by atoms with E-state index in [1.54, 1.807) is 0 Å². The number of hydrogen-bond acceptors (Lipinski definition) is 2. The normalized spacial score (nSPS) is 18.4. The monoisotopic (exact) mass is 271 g/mol. The lowest BCUT2D eigenvalue weighted by Crippen LogP contribution is -2.16. The highest BCUT2D eigenvalue weighted by Crippen LogP contribution is 2.39. The van der Waals surface area contributed by atoms with Crippen molar-refractivity contribution in [2.75, 3.05) is 13.2 Å². The fraction of sp³-hybridized carbons (Fsp3) is 0.294. The van der Waals surface area contributed by atoms with Gasteiger partial charge in [-0.2, -0.15) is 0 Å². The zero-order valence-electron chi connectivity index (χ0n) is 11.3. The molecule has 2 nitrogen and oxygen atoms in total. The SMILES string of the molecule is NCC(CC1COc2ccccc21)c1ccc(F)cc1. The van der Waals surface area contributed by atoms with Crippen molar-refractivity contribution < 1.29 is 9.13 Å². The molecule has 0 aliphatic carbocycles. The molecule has 20 heavy (non-hydrogen) atoms. The second-order valence-corrected chi connectivity index (χ2v) is 5.27. The van der Waals surface area contributed by atoms with Crippen molar-refractivity contribution in [3.8, 4) is 5.75 Å². The minimum absolute atomic E-state index is 0.209. The van der Waals surface area contributed by atoms with Gasteiger partial charge in [0.1, 0.15) is 11.6 Å². The molecule has 0 spiro atoms. The molecule has 104 valence electrons. The molecule has 0 amide bonds. The predicted molar refractivity (Wildman–Crippen MR) is 77.5 cm³/mol. The number of benzene rings is 2. The lowest BCUT2D eigenvalue weighted by Gasteiger charge is -2.19. The van der Waals surface area contributed by atoms with Crippen LogP contribution in [0.1, 0.15) is 29.4 Å². The van der Waals surface area contributed by atoms with E-state index in [0.29, 0.717) is 19.1 Å². The lowest BCUT2D eigenvalue weighted by atomic mass is 9.86. The van der Waals surface area contributed by atoms with Crippen molar-refractivity contribution >= 4 is 0 Å². The number of rotatable bonds is 4. The summed E-state index contributed by atoms with van der Waals surface area (Å²) in [6, 6.07) is 14.8. The summed E-state index contributed by atoms with van der Waals surface area (Å²) in [5.74, 6) is 1.37. The van der Waals surface area contributed by atoms with Gasteiger partial charge in [-0.25, -0.2) is 4.39 Å². The van der Waals surface area contributed by atoms with Gasteiger partial charge in [0.15, 0.2) is 0 Å². The zero-order chi connectivity index (χ0) is 13.9. The maximum atomic E-state index is 13.0. The average Bonchev–Trinajstić information content (AvgIpc) is 2.89. The summed E-state index contributed by atoms with van der Waals surface area (Å²) in [6.45, 7) is 1.27. The zero-order valence-corrected chi connectivity index (χ0v) is 11.3. The number of halogens is 1. The van der Waals surface area contributed by atoms with Crippen LogP contribution in [0.4, 0.5) is 4.39 Å². The van der Waals surface area contributed by atoms with Gasteiger partial charge >= 0.3 is 0 Å². The Morgan fingerprint density at radius 3 is 2.65 bits per heavy atom. The lowest BCUT2D eigenvalue weighted by molar-refractivity contribution is 0.319. The Hall–Kier alpha value is -1.87. The van der Waals surface area contributed by atoms with Crippen LogP contribution in [0.2, 0.25) is 0 Å². The summed E-state index contributed by atoms with van der Waals surface area (Å²) in [5.41, 5.74) is 8.26. The van der Waals surface area contributed by atoms with Crippen molar-refractivity contribution in [2.24, 2.45) is 5.73 Å². The Morgan fingerprint density at radius 1 is 1.15 bits per heavy atom. The molecule has 1 aliphatic heterocycles. The van der Waals surface area contributed by atoms with Gasteiger partial charge in [-0.15, -0.1) is 0 Å². The summed E-state index contributed by atoms with van der Waals surface area (Å²) >= 11 is 0. The molecule has 0 fully saturated rings.